The second-order valence-corrected chi connectivity index (χ2v) is 5.34. The number of anilines is 1. The Kier molecular flexibility index (Phi) is 3.98. The van der Waals surface area contributed by atoms with Gasteiger partial charge in [0.2, 0.25) is 0 Å². The van der Waals surface area contributed by atoms with Crippen LogP contribution in [0.3, 0.4) is 0 Å². The summed E-state index contributed by atoms with van der Waals surface area (Å²) in [5.41, 5.74) is 7.17. The first-order valence-electron chi connectivity index (χ1n) is 6.82. The lowest BCUT2D eigenvalue weighted by Crippen LogP contribution is -2.41. The van der Waals surface area contributed by atoms with Crippen LogP contribution in [0.4, 0.5) is 5.69 Å². The Morgan fingerprint density at radius 2 is 2.21 bits per heavy atom. The highest BCUT2D eigenvalue weighted by Crippen LogP contribution is 2.43. The van der Waals surface area contributed by atoms with Gasteiger partial charge in [0.25, 0.3) is 5.91 Å². The Morgan fingerprint density at radius 3 is 2.68 bits per heavy atom. The number of nitrogens with two attached hydrogens (primary N) is 1. The van der Waals surface area contributed by atoms with E-state index in [4.69, 9.17) is 10.5 Å². The Balaban J connectivity index is 2.00. The van der Waals surface area contributed by atoms with Crippen molar-refractivity contribution in [2.75, 3.05) is 19.4 Å². The molecular formula is C15H22N2O2. The maximum atomic E-state index is 12.1. The van der Waals surface area contributed by atoms with E-state index in [9.17, 15) is 4.79 Å². The molecule has 1 aliphatic rings. The molecule has 1 fully saturated rings. The first-order valence-corrected chi connectivity index (χ1v) is 6.82. The quantitative estimate of drug-likeness (QED) is 0.802. The van der Waals surface area contributed by atoms with Crippen LogP contribution >= 0.6 is 0 Å². The number of carbonyl (C=O) groups excluding carboxylic acids is 1. The highest BCUT2D eigenvalue weighted by Gasteiger charge is 2.35. The van der Waals surface area contributed by atoms with E-state index < -0.39 is 0 Å². The number of rotatable bonds is 5. The molecule has 0 aliphatic heterocycles. The Morgan fingerprint density at radius 1 is 1.47 bits per heavy atom. The average Bonchev–Trinajstić information content (AvgIpc) is 2.37. The van der Waals surface area contributed by atoms with E-state index in [1.165, 1.54) is 19.3 Å². The zero-order chi connectivity index (χ0) is 13.9. The summed E-state index contributed by atoms with van der Waals surface area (Å²) >= 11 is 0. The number of nitrogen functional groups attached to an aromatic ring is 1. The lowest BCUT2D eigenvalue weighted by Gasteiger charge is -2.41. The molecule has 1 aromatic rings. The van der Waals surface area contributed by atoms with Gasteiger partial charge >= 0.3 is 0 Å². The molecule has 19 heavy (non-hydrogen) atoms. The van der Waals surface area contributed by atoms with Crippen LogP contribution in [0.2, 0.25) is 0 Å². The fraction of sp³-hybridized carbons (Fsp3) is 0.533. The fourth-order valence-corrected chi connectivity index (χ4v) is 2.57. The van der Waals surface area contributed by atoms with Crippen molar-refractivity contribution in [3.8, 4) is 5.75 Å². The van der Waals surface area contributed by atoms with Gasteiger partial charge in [-0.25, -0.2) is 0 Å². The van der Waals surface area contributed by atoms with E-state index in [1.54, 1.807) is 25.3 Å². The third-order valence-electron chi connectivity index (χ3n) is 4.29. The zero-order valence-electron chi connectivity index (χ0n) is 11.7. The minimum Gasteiger partial charge on any atom is -0.497 e. The number of hydrogen-bond acceptors (Lipinski definition) is 3. The Labute approximate surface area is 114 Å². The molecule has 0 bridgehead atoms. The van der Waals surface area contributed by atoms with Crippen LogP contribution in [0.25, 0.3) is 0 Å². The summed E-state index contributed by atoms with van der Waals surface area (Å²) in [5.74, 6) is 0.568. The third kappa shape index (κ3) is 2.83. The molecule has 0 saturated heterocycles. The van der Waals surface area contributed by atoms with Gasteiger partial charge in [-0.05, 0) is 36.8 Å². The number of amides is 1. The van der Waals surface area contributed by atoms with Crippen LogP contribution in [0, 0.1) is 5.41 Å². The number of benzene rings is 1. The van der Waals surface area contributed by atoms with Crippen molar-refractivity contribution in [1.29, 1.82) is 0 Å². The summed E-state index contributed by atoms with van der Waals surface area (Å²) in [6.45, 7) is 2.93. The molecule has 3 N–H and O–H groups in total. The summed E-state index contributed by atoms with van der Waals surface area (Å²) in [5, 5.41) is 3.01. The Bertz CT molecular complexity index is 462. The number of ether oxygens (including phenoxy) is 1. The van der Waals surface area contributed by atoms with Crippen molar-refractivity contribution >= 4 is 11.6 Å². The highest BCUT2D eigenvalue weighted by atomic mass is 16.5. The minimum atomic E-state index is -0.0973. The predicted molar refractivity (Wildman–Crippen MR) is 76.3 cm³/mol. The molecule has 0 radical (unpaired) electrons. The van der Waals surface area contributed by atoms with Crippen LogP contribution in [-0.4, -0.2) is 19.6 Å². The minimum absolute atomic E-state index is 0.0973. The first kappa shape index (κ1) is 13.7. The van der Waals surface area contributed by atoms with Gasteiger partial charge in [0.15, 0.2) is 0 Å². The molecule has 4 nitrogen and oxygen atoms in total. The van der Waals surface area contributed by atoms with E-state index in [0.29, 0.717) is 22.4 Å². The zero-order valence-corrected chi connectivity index (χ0v) is 11.7. The molecule has 0 unspecified atom stereocenters. The number of carbonyl (C=O) groups is 1. The molecule has 0 heterocycles. The number of hydrogen-bond donors (Lipinski definition) is 2. The topological polar surface area (TPSA) is 64.3 Å². The highest BCUT2D eigenvalue weighted by molar-refractivity contribution is 5.99. The molecule has 0 spiro atoms. The molecule has 1 saturated carbocycles. The van der Waals surface area contributed by atoms with Gasteiger partial charge in [-0.1, -0.05) is 13.3 Å². The normalized spacial score (nSPS) is 16.5. The standard InChI is InChI=1S/C15H22N2O2/c1-3-15(7-4-8-15)10-17-14(18)12-6-5-11(19-2)9-13(12)16/h5-6,9H,3-4,7-8,10,16H2,1-2H3,(H,17,18). The van der Waals surface area contributed by atoms with Gasteiger partial charge in [-0.3, -0.25) is 4.79 Å². The summed E-state index contributed by atoms with van der Waals surface area (Å²) < 4.78 is 5.08. The van der Waals surface area contributed by atoms with E-state index in [0.717, 1.165) is 13.0 Å². The molecule has 1 aromatic carbocycles. The van der Waals surface area contributed by atoms with Crippen molar-refractivity contribution in [3.05, 3.63) is 23.8 Å². The smallest absolute Gasteiger partial charge is 0.253 e. The molecule has 0 atom stereocenters. The lowest BCUT2D eigenvalue weighted by atomic mass is 9.67. The second kappa shape index (κ2) is 5.51. The van der Waals surface area contributed by atoms with Crippen LogP contribution in [-0.2, 0) is 0 Å². The van der Waals surface area contributed by atoms with Crippen molar-refractivity contribution in [1.82, 2.24) is 5.32 Å². The lowest BCUT2D eigenvalue weighted by molar-refractivity contribution is 0.0851. The molecule has 2 rings (SSSR count). The summed E-state index contributed by atoms with van der Waals surface area (Å²) in [6, 6.07) is 5.14. The van der Waals surface area contributed by atoms with Gasteiger partial charge in [-0.15, -0.1) is 0 Å². The van der Waals surface area contributed by atoms with Crippen molar-refractivity contribution < 1.29 is 9.53 Å². The van der Waals surface area contributed by atoms with Crippen LogP contribution < -0.4 is 15.8 Å². The number of nitrogens with one attached hydrogen (secondary N) is 1. The second-order valence-electron chi connectivity index (χ2n) is 5.34. The number of methoxy groups -OCH3 is 1. The predicted octanol–water partition coefficient (Wildman–Crippen LogP) is 2.59. The van der Waals surface area contributed by atoms with Crippen molar-refractivity contribution in [2.24, 2.45) is 5.41 Å². The molecule has 0 aromatic heterocycles. The Hall–Kier alpha value is -1.71. The average molecular weight is 262 g/mol. The van der Waals surface area contributed by atoms with E-state index in [2.05, 4.69) is 12.2 Å². The van der Waals surface area contributed by atoms with Gasteiger partial charge in [0.1, 0.15) is 5.75 Å². The van der Waals surface area contributed by atoms with Crippen LogP contribution in [0.5, 0.6) is 5.75 Å². The summed E-state index contributed by atoms with van der Waals surface area (Å²) in [4.78, 5) is 12.1. The van der Waals surface area contributed by atoms with Gasteiger partial charge in [0, 0.05) is 18.3 Å². The molecule has 1 amide bonds. The SMILES string of the molecule is CCC1(CNC(=O)c2ccc(OC)cc2N)CCC1. The third-order valence-corrected chi connectivity index (χ3v) is 4.29. The van der Waals surface area contributed by atoms with Crippen LogP contribution in [0.15, 0.2) is 18.2 Å². The van der Waals surface area contributed by atoms with Crippen LogP contribution in [0.1, 0.15) is 43.0 Å². The largest absolute Gasteiger partial charge is 0.497 e. The summed E-state index contributed by atoms with van der Waals surface area (Å²) in [6.07, 6.45) is 4.81. The monoisotopic (exact) mass is 262 g/mol. The van der Waals surface area contributed by atoms with Crippen molar-refractivity contribution in [3.63, 3.8) is 0 Å². The maximum Gasteiger partial charge on any atom is 0.253 e. The van der Waals surface area contributed by atoms with E-state index in [-0.39, 0.29) is 5.91 Å². The first-order chi connectivity index (χ1) is 9.10. The maximum absolute atomic E-state index is 12.1. The molecular weight excluding hydrogens is 240 g/mol. The van der Waals surface area contributed by atoms with Gasteiger partial charge in [-0.2, -0.15) is 0 Å². The van der Waals surface area contributed by atoms with E-state index in [1.807, 2.05) is 0 Å². The summed E-state index contributed by atoms with van der Waals surface area (Å²) in [7, 11) is 1.58. The van der Waals surface area contributed by atoms with Crippen molar-refractivity contribution in [2.45, 2.75) is 32.6 Å². The van der Waals surface area contributed by atoms with E-state index >= 15 is 0 Å². The fourth-order valence-electron chi connectivity index (χ4n) is 2.57. The van der Waals surface area contributed by atoms with Gasteiger partial charge in [0.05, 0.1) is 12.7 Å². The molecule has 4 heteroatoms. The molecule has 104 valence electrons. The van der Waals surface area contributed by atoms with Gasteiger partial charge < -0.3 is 15.8 Å². The molecule has 1 aliphatic carbocycles.